The molecular formula is C29H32Cl3N3O5S. The zero-order valence-electron chi connectivity index (χ0n) is 22.9. The third-order valence-corrected chi connectivity index (χ3v) is 8.80. The van der Waals surface area contributed by atoms with Crippen LogP contribution in [0.1, 0.15) is 32.8 Å². The van der Waals surface area contributed by atoms with Crippen molar-refractivity contribution in [3.05, 3.63) is 87.4 Å². The van der Waals surface area contributed by atoms with Gasteiger partial charge in [0.25, 0.3) is 10.0 Å². The van der Waals surface area contributed by atoms with Crippen molar-refractivity contribution in [2.45, 2.75) is 44.7 Å². The van der Waals surface area contributed by atoms with Gasteiger partial charge in [-0.3, -0.25) is 13.9 Å². The number of anilines is 1. The van der Waals surface area contributed by atoms with Gasteiger partial charge in [0.2, 0.25) is 11.8 Å². The standard InChI is InChI=1S/C29H32Cl3N3O5S/c1-4-16-33-29(37)20(3)34(18-21-10-11-23(31)17-25(21)32)28(36)19-35(26-8-6-7-9-27(26)40-5-2)41(38,39)24-14-12-22(30)13-15-24/h6-15,17,20H,4-5,16,18-19H2,1-3H3,(H,33,37)/t20-/m1/s1. The van der Waals surface area contributed by atoms with Crippen LogP contribution in [0.4, 0.5) is 5.69 Å². The predicted molar refractivity (Wildman–Crippen MR) is 163 cm³/mol. The molecule has 0 spiro atoms. The van der Waals surface area contributed by atoms with E-state index < -0.39 is 28.5 Å². The van der Waals surface area contributed by atoms with Gasteiger partial charge in [0.05, 0.1) is 17.2 Å². The number of nitrogens with one attached hydrogen (secondary N) is 1. The van der Waals surface area contributed by atoms with E-state index in [0.717, 1.165) is 4.31 Å². The van der Waals surface area contributed by atoms with Gasteiger partial charge in [-0.15, -0.1) is 0 Å². The van der Waals surface area contributed by atoms with Crippen LogP contribution >= 0.6 is 34.8 Å². The fourth-order valence-corrected chi connectivity index (χ4v) is 6.02. The first kappa shape index (κ1) is 32.5. The van der Waals surface area contributed by atoms with Crippen LogP contribution in [0.15, 0.2) is 71.6 Å². The third-order valence-electron chi connectivity index (χ3n) is 6.19. The van der Waals surface area contributed by atoms with Crippen LogP contribution in [-0.4, -0.2) is 50.9 Å². The molecule has 3 aromatic carbocycles. The molecular weight excluding hydrogens is 609 g/mol. The Labute approximate surface area is 256 Å². The van der Waals surface area contributed by atoms with E-state index in [1.165, 1.54) is 29.2 Å². The average Bonchev–Trinajstić information content (AvgIpc) is 2.94. The molecule has 8 nitrogen and oxygen atoms in total. The zero-order chi connectivity index (χ0) is 30.2. The Morgan fingerprint density at radius 2 is 1.61 bits per heavy atom. The summed E-state index contributed by atoms with van der Waals surface area (Å²) in [5, 5.41) is 3.88. The summed E-state index contributed by atoms with van der Waals surface area (Å²) in [5.74, 6) is -0.729. The number of carbonyl (C=O) groups excluding carboxylic acids is 2. The Morgan fingerprint density at radius 1 is 0.951 bits per heavy atom. The van der Waals surface area contributed by atoms with Crippen molar-refractivity contribution in [3.8, 4) is 5.75 Å². The monoisotopic (exact) mass is 639 g/mol. The SMILES string of the molecule is CCCNC(=O)[C@@H](C)N(Cc1ccc(Cl)cc1Cl)C(=O)CN(c1ccccc1OCC)S(=O)(=O)c1ccc(Cl)cc1. The number of ether oxygens (including phenoxy) is 1. The third kappa shape index (κ3) is 8.29. The fraction of sp³-hybridized carbons (Fsp3) is 0.310. The first-order valence-corrected chi connectivity index (χ1v) is 15.6. The van der Waals surface area contributed by atoms with Crippen molar-refractivity contribution in [2.24, 2.45) is 0 Å². The molecule has 0 fully saturated rings. The second-order valence-corrected chi connectivity index (χ2v) is 12.2. The maximum Gasteiger partial charge on any atom is 0.264 e. The minimum atomic E-state index is -4.28. The molecule has 0 heterocycles. The van der Waals surface area contributed by atoms with Gasteiger partial charge >= 0.3 is 0 Å². The van der Waals surface area contributed by atoms with Gasteiger partial charge in [0.15, 0.2) is 0 Å². The van der Waals surface area contributed by atoms with E-state index >= 15 is 0 Å². The summed E-state index contributed by atoms with van der Waals surface area (Å²) in [5.41, 5.74) is 0.714. The van der Waals surface area contributed by atoms with E-state index in [4.69, 9.17) is 39.5 Å². The summed E-state index contributed by atoms with van der Waals surface area (Å²) in [4.78, 5) is 28.3. The van der Waals surface area contributed by atoms with E-state index in [1.807, 2.05) is 6.92 Å². The fourth-order valence-electron chi connectivity index (χ4n) is 4.00. The largest absolute Gasteiger partial charge is 0.492 e. The molecule has 0 saturated heterocycles. The van der Waals surface area contributed by atoms with Crippen molar-refractivity contribution in [2.75, 3.05) is 24.0 Å². The zero-order valence-corrected chi connectivity index (χ0v) is 26.0. The van der Waals surface area contributed by atoms with E-state index in [9.17, 15) is 18.0 Å². The van der Waals surface area contributed by atoms with Crippen LogP contribution in [0, 0.1) is 0 Å². The van der Waals surface area contributed by atoms with E-state index in [-0.39, 0.29) is 35.4 Å². The summed E-state index contributed by atoms with van der Waals surface area (Å²) in [6.07, 6.45) is 0.705. The number of hydrogen-bond acceptors (Lipinski definition) is 5. The normalized spacial score (nSPS) is 12.0. The van der Waals surface area contributed by atoms with E-state index in [2.05, 4.69) is 5.32 Å². The number of para-hydroxylation sites is 2. The number of nitrogens with zero attached hydrogens (tertiary/aromatic N) is 2. The number of amides is 2. The van der Waals surface area contributed by atoms with Crippen LogP contribution in [0.5, 0.6) is 5.75 Å². The van der Waals surface area contributed by atoms with Crippen molar-refractivity contribution < 1.29 is 22.7 Å². The Bertz CT molecular complexity index is 1470. The molecule has 0 aliphatic carbocycles. The number of hydrogen-bond donors (Lipinski definition) is 1. The predicted octanol–water partition coefficient (Wildman–Crippen LogP) is 6.18. The molecule has 0 aliphatic heterocycles. The van der Waals surface area contributed by atoms with Crippen LogP contribution in [0.2, 0.25) is 15.1 Å². The maximum atomic E-state index is 14.0. The number of carbonyl (C=O) groups is 2. The Morgan fingerprint density at radius 3 is 2.24 bits per heavy atom. The minimum absolute atomic E-state index is 0.0580. The second-order valence-electron chi connectivity index (χ2n) is 9.09. The number of rotatable bonds is 13. The molecule has 3 aromatic rings. The summed E-state index contributed by atoms with van der Waals surface area (Å²) >= 11 is 18.5. The molecule has 220 valence electrons. The van der Waals surface area contributed by atoms with Gasteiger partial charge in [-0.05, 0) is 74.4 Å². The molecule has 0 saturated carbocycles. The molecule has 3 rings (SSSR count). The smallest absolute Gasteiger partial charge is 0.264 e. The summed E-state index contributed by atoms with van der Waals surface area (Å²) in [7, 11) is -4.28. The van der Waals surface area contributed by atoms with Gasteiger partial charge in [0, 0.05) is 28.2 Å². The Hall–Kier alpha value is -2.98. The lowest BCUT2D eigenvalue weighted by atomic mass is 10.1. The van der Waals surface area contributed by atoms with Gasteiger partial charge < -0.3 is 15.0 Å². The molecule has 0 aromatic heterocycles. The number of halogens is 3. The topological polar surface area (TPSA) is 96.0 Å². The molecule has 12 heteroatoms. The highest BCUT2D eigenvalue weighted by Crippen LogP contribution is 2.33. The maximum absolute atomic E-state index is 14.0. The van der Waals surface area contributed by atoms with Gasteiger partial charge in [-0.1, -0.05) is 59.9 Å². The molecule has 2 amide bonds. The lowest BCUT2D eigenvalue weighted by molar-refractivity contribution is -0.139. The van der Waals surface area contributed by atoms with Crippen molar-refractivity contribution >= 4 is 62.3 Å². The van der Waals surface area contributed by atoms with Crippen molar-refractivity contribution in [1.82, 2.24) is 10.2 Å². The highest BCUT2D eigenvalue weighted by atomic mass is 35.5. The minimum Gasteiger partial charge on any atom is -0.492 e. The van der Waals surface area contributed by atoms with E-state index in [0.29, 0.717) is 33.6 Å². The van der Waals surface area contributed by atoms with Crippen LogP contribution in [0.25, 0.3) is 0 Å². The molecule has 0 aliphatic rings. The summed E-state index contributed by atoms with van der Waals surface area (Å²) < 4.78 is 34.7. The molecule has 1 atom stereocenters. The lowest BCUT2D eigenvalue weighted by Crippen LogP contribution is -2.51. The molecule has 0 bridgehead atoms. The summed E-state index contributed by atoms with van der Waals surface area (Å²) in [6, 6.07) is 16.1. The summed E-state index contributed by atoms with van der Waals surface area (Å²) in [6.45, 7) is 5.29. The van der Waals surface area contributed by atoms with Gasteiger partial charge in [-0.25, -0.2) is 8.42 Å². The number of sulfonamides is 1. The first-order chi connectivity index (χ1) is 19.5. The molecule has 0 unspecified atom stereocenters. The van der Waals surface area contributed by atoms with Gasteiger partial charge in [-0.2, -0.15) is 0 Å². The highest BCUT2D eigenvalue weighted by Gasteiger charge is 2.34. The second kappa shape index (κ2) is 14.8. The number of benzene rings is 3. The molecule has 1 N–H and O–H groups in total. The highest BCUT2D eigenvalue weighted by molar-refractivity contribution is 7.92. The Kier molecular flexibility index (Phi) is 11.7. The average molecular weight is 641 g/mol. The molecule has 0 radical (unpaired) electrons. The first-order valence-electron chi connectivity index (χ1n) is 13.0. The van der Waals surface area contributed by atoms with Crippen LogP contribution in [0.3, 0.4) is 0 Å². The Balaban J connectivity index is 2.09. The lowest BCUT2D eigenvalue weighted by Gasteiger charge is -2.32. The van der Waals surface area contributed by atoms with Crippen molar-refractivity contribution in [3.63, 3.8) is 0 Å². The quantitative estimate of drug-likeness (QED) is 0.241. The van der Waals surface area contributed by atoms with E-state index in [1.54, 1.807) is 56.3 Å². The molecule has 41 heavy (non-hydrogen) atoms. The van der Waals surface area contributed by atoms with Crippen LogP contribution in [-0.2, 0) is 26.2 Å². The van der Waals surface area contributed by atoms with Gasteiger partial charge in [0.1, 0.15) is 18.3 Å². The van der Waals surface area contributed by atoms with Crippen LogP contribution < -0.4 is 14.4 Å². The van der Waals surface area contributed by atoms with Crippen molar-refractivity contribution in [1.29, 1.82) is 0 Å².